The lowest BCUT2D eigenvalue weighted by Gasteiger charge is -2.10. The van der Waals surface area contributed by atoms with Gasteiger partial charge in [0.1, 0.15) is 11.1 Å². The molecule has 0 aliphatic carbocycles. The second-order valence-electron chi connectivity index (χ2n) is 3.44. The van der Waals surface area contributed by atoms with E-state index in [4.69, 9.17) is 0 Å². The van der Waals surface area contributed by atoms with Crippen LogP contribution in [0.25, 0.3) is 0 Å². The molecule has 4 heteroatoms. The Hall–Kier alpha value is -0.450. The average Bonchev–Trinajstić information content (AvgIpc) is 2.55. The molecule has 1 atom stereocenters. The minimum absolute atomic E-state index is 0.459. The van der Waals surface area contributed by atoms with Crippen molar-refractivity contribution in [3.63, 3.8) is 0 Å². The third-order valence-corrected chi connectivity index (χ3v) is 2.50. The van der Waals surface area contributed by atoms with Crippen molar-refractivity contribution in [2.45, 2.75) is 20.0 Å². The molecule has 1 heterocycles. The zero-order valence-electron chi connectivity index (χ0n) is 8.03. The lowest BCUT2D eigenvalue weighted by Crippen LogP contribution is -2.25. The van der Waals surface area contributed by atoms with Gasteiger partial charge in [0.15, 0.2) is 0 Å². The molecular formula is C9H16N2OS. The number of hydrogen-bond donors (Lipinski definition) is 2. The average molecular weight is 200 g/mol. The van der Waals surface area contributed by atoms with Crippen molar-refractivity contribution in [3.8, 4) is 0 Å². The summed E-state index contributed by atoms with van der Waals surface area (Å²) in [4.78, 5) is 4.04. The molecule has 13 heavy (non-hydrogen) atoms. The summed E-state index contributed by atoms with van der Waals surface area (Å²) in [6.07, 6.45) is 1.25. The quantitative estimate of drug-likeness (QED) is 0.755. The molecule has 1 aromatic rings. The molecule has 1 aromatic heterocycles. The predicted octanol–water partition coefficient (Wildman–Crippen LogP) is 1.42. The topological polar surface area (TPSA) is 45.1 Å². The summed E-state index contributed by atoms with van der Waals surface area (Å²) in [5.41, 5.74) is 0. The second kappa shape index (κ2) is 5.32. The van der Waals surface area contributed by atoms with Crippen molar-refractivity contribution in [2.24, 2.45) is 5.92 Å². The second-order valence-corrected chi connectivity index (χ2v) is 4.36. The normalized spacial score (nSPS) is 13.5. The molecule has 0 amide bonds. The van der Waals surface area contributed by atoms with Crippen molar-refractivity contribution in [3.05, 3.63) is 16.6 Å². The maximum atomic E-state index is 9.61. The Labute approximate surface area is 82.8 Å². The minimum atomic E-state index is -0.459. The number of aliphatic hydroxyl groups excluding tert-OH is 1. The molecule has 1 rings (SSSR count). The maximum Gasteiger partial charge on any atom is 0.122 e. The molecule has 0 aliphatic heterocycles. The first kappa shape index (κ1) is 10.6. The predicted molar refractivity (Wildman–Crippen MR) is 54.8 cm³/mol. The summed E-state index contributed by atoms with van der Waals surface area (Å²) in [6, 6.07) is 0. The van der Waals surface area contributed by atoms with Crippen LogP contribution in [-0.4, -0.2) is 23.2 Å². The van der Waals surface area contributed by atoms with Gasteiger partial charge in [-0.2, -0.15) is 0 Å². The molecule has 0 spiro atoms. The fourth-order valence-corrected chi connectivity index (χ4v) is 1.62. The Morgan fingerprint density at radius 3 is 2.85 bits per heavy atom. The summed E-state index contributed by atoms with van der Waals surface area (Å²) in [5.74, 6) is 0.614. The number of aliphatic hydroxyl groups is 1. The first-order valence-corrected chi connectivity index (χ1v) is 5.36. The van der Waals surface area contributed by atoms with Crippen LogP contribution in [0.5, 0.6) is 0 Å². The monoisotopic (exact) mass is 200 g/mol. The molecule has 0 aromatic carbocycles. The third kappa shape index (κ3) is 3.85. The van der Waals surface area contributed by atoms with Crippen molar-refractivity contribution in [1.29, 1.82) is 0 Å². The number of nitrogens with zero attached hydrogens (tertiary/aromatic N) is 1. The van der Waals surface area contributed by atoms with Crippen LogP contribution in [0.3, 0.4) is 0 Å². The van der Waals surface area contributed by atoms with Crippen LogP contribution < -0.4 is 5.32 Å². The van der Waals surface area contributed by atoms with E-state index < -0.39 is 6.10 Å². The van der Waals surface area contributed by atoms with Gasteiger partial charge in [0.25, 0.3) is 0 Å². The van der Waals surface area contributed by atoms with Crippen molar-refractivity contribution in [2.75, 3.05) is 13.1 Å². The van der Waals surface area contributed by atoms with E-state index in [1.165, 1.54) is 11.3 Å². The van der Waals surface area contributed by atoms with E-state index >= 15 is 0 Å². The smallest absolute Gasteiger partial charge is 0.122 e. The molecule has 0 saturated carbocycles. The van der Waals surface area contributed by atoms with E-state index in [1.807, 2.05) is 5.38 Å². The standard InChI is InChI=1S/C9H16N2OS/c1-7(2)5-10-6-8(12)9-11-3-4-13-9/h3-4,7-8,10,12H,5-6H2,1-2H3. The van der Waals surface area contributed by atoms with E-state index in [1.54, 1.807) is 6.20 Å². The summed E-state index contributed by atoms with van der Waals surface area (Å²) >= 11 is 1.49. The molecule has 1 unspecified atom stereocenters. The Bertz CT molecular complexity index is 224. The summed E-state index contributed by atoms with van der Waals surface area (Å²) in [6.45, 7) is 5.81. The van der Waals surface area contributed by atoms with Gasteiger partial charge in [-0.15, -0.1) is 11.3 Å². The van der Waals surface area contributed by atoms with E-state index in [0.29, 0.717) is 12.5 Å². The van der Waals surface area contributed by atoms with Crippen LogP contribution in [0.2, 0.25) is 0 Å². The van der Waals surface area contributed by atoms with E-state index in [2.05, 4.69) is 24.1 Å². The number of nitrogens with one attached hydrogen (secondary N) is 1. The lowest BCUT2D eigenvalue weighted by atomic mass is 10.2. The fourth-order valence-electron chi connectivity index (χ4n) is 0.995. The van der Waals surface area contributed by atoms with Gasteiger partial charge in [0, 0.05) is 18.1 Å². The van der Waals surface area contributed by atoms with Crippen LogP contribution in [-0.2, 0) is 0 Å². The Morgan fingerprint density at radius 2 is 2.31 bits per heavy atom. The van der Waals surface area contributed by atoms with Crippen molar-refractivity contribution in [1.82, 2.24) is 10.3 Å². The molecule has 3 nitrogen and oxygen atoms in total. The lowest BCUT2D eigenvalue weighted by molar-refractivity contribution is 0.173. The van der Waals surface area contributed by atoms with Crippen molar-refractivity contribution < 1.29 is 5.11 Å². The highest BCUT2D eigenvalue weighted by Crippen LogP contribution is 2.13. The van der Waals surface area contributed by atoms with E-state index in [0.717, 1.165) is 11.6 Å². The highest BCUT2D eigenvalue weighted by Gasteiger charge is 2.08. The van der Waals surface area contributed by atoms with Gasteiger partial charge in [-0.3, -0.25) is 0 Å². The Kier molecular flexibility index (Phi) is 4.35. The highest BCUT2D eigenvalue weighted by molar-refractivity contribution is 7.09. The minimum Gasteiger partial charge on any atom is -0.385 e. The molecular weight excluding hydrogens is 184 g/mol. The number of hydrogen-bond acceptors (Lipinski definition) is 4. The van der Waals surface area contributed by atoms with Gasteiger partial charge >= 0.3 is 0 Å². The summed E-state index contributed by atoms with van der Waals surface area (Å²) in [7, 11) is 0. The molecule has 2 N–H and O–H groups in total. The Balaban J connectivity index is 2.22. The first-order valence-electron chi connectivity index (χ1n) is 4.48. The largest absolute Gasteiger partial charge is 0.385 e. The SMILES string of the molecule is CC(C)CNCC(O)c1nccs1. The molecule has 0 bridgehead atoms. The fraction of sp³-hybridized carbons (Fsp3) is 0.667. The molecule has 74 valence electrons. The van der Waals surface area contributed by atoms with Gasteiger partial charge in [0.2, 0.25) is 0 Å². The van der Waals surface area contributed by atoms with Gasteiger partial charge in [-0.25, -0.2) is 4.98 Å². The number of rotatable bonds is 5. The van der Waals surface area contributed by atoms with Gasteiger partial charge in [0.05, 0.1) is 0 Å². The van der Waals surface area contributed by atoms with Crippen LogP contribution in [0.4, 0.5) is 0 Å². The van der Waals surface area contributed by atoms with E-state index in [-0.39, 0.29) is 0 Å². The van der Waals surface area contributed by atoms with Gasteiger partial charge < -0.3 is 10.4 Å². The van der Waals surface area contributed by atoms with Crippen LogP contribution in [0, 0.1) is 5.92 Å². The van der Waals surface area contributed by atoms with Crippen LogP contribution in [0.1, 0.15) is 25.0 Å². The molecule has 0 saturated heterocycles. The summed E-state index contributed by atoms with van der Waals surface area (Å²) < 4.78 is 0. The van der Waals surface area contributed by atoms with Gasteiger partial charge in [-0.05, 0) is 12.5 Å². The van der Waals surface area contributed by atoms with Crippen LogP contribution >= 0.6 is 11.3 Å². The third-order valence-electron chi connectivity index (χ3n) is 1.63. The maximum absolute atomic E-state index is 9.61. The molecule has 0 fully saturated rings. The molecule has 0 aliphatic rings. The van der Waals surface area contributed by atoms with E-state index in [9.17, 15) is 5.11 Å². The number of aromatic nitrogens is 1. The van der Waals surface area contributed by atoms with Crippen molar-refractivity contribution >= 4 is 11.3 Å². The zero-order valence-corrected chi connectivity index (χ0v) is 8.84. The van der Waals surface area contributed by atoms with Gasteiger partial charge in [-0.1, -0.05) is 13.8 Å². The first-order chi connectivity index (χ1) is 6.20. The Morgan fingerprint density at radius 1 is 1.54 bits per heavy atom. The highest BCUT2D eigenvalue weighted by atomic mass is 32.1. The summed E-state index contributed by atoms with van der Waals surface area (Å²) in [5, 5.41) is 15.5. The zero-order chi connectivity index (χ0) is 9.68. The van der Waals surface area contributed by atoms with Crippen LogP contribution in [0.15, 0.2) is 11.6 Å². The molecule has 0 radical (unpaired) electrons. The number of thiazole rings is 1.